The van der Waals surface area contributed by atoms with Crippen LogP contribution in [0.1, 0.15) is 11.1 Å². The molecule has 22 heavy (non-hydrogen) atoms. The molecule has 2 aromatic rings. The predicted octanol–water partition coefficient (Wildman–Crippen LogP) is 4.52. The number of fused-ring (bicyclic) bond motifs is 2. The number of aryl methyl sites for hydroxylation is 2. The van der Waals surface area contributed by atoms with Crippen LogP contribution in [0.5, 0.6) is 0 Å². The lowest BCUT2D eigenvalue weighted by atomic mass is 10.1. The Kier molecular flexibility index (Phi) is 3.85. The van der Waals surface area contributed by atoms with Crippen LogP contribution >= 0.6 is 11.8 Å². The zero-order valence-corrected chi connectivity index (χ0v) is 13.9. The largest absolute Gasteiger partial charge is 0.438 e. The van der Waals surface area contributed by atoms with Gasteiger partial charge in [0.2, 0.25) is 0 Å². The number of amides is 1. The molecule has 1 heterocycles. The van der Waals surface area contributed by atoms with Gasteiger partial charge in [0.15, 0.2) is 0 Å². The summed E-state index contributed by atoms with van der Waals surface area (Å²) in [5.74, 6) is 0. The number of benzene rings is 2. The summed E-state index contributed by atoms with van der Waals surface area (Å²) in [4.78, 5) is 21.7. The molecule has 0 fully saturated rings. The molecule has 0 aliphatic carbocycles. The van der Waals surface area contributed by atoms with Crippen LogP contribution < -0.4 is 4.90 Å². The highest BCUT2D eigenvalue weighted by Crippen LogP contribution is 2.48. The molecule has 1 aliphatic heterocycles. The van der Waals surface area contributed by atoms with Crippen molar-refractivity contribution in [3.63, 3.8) is 0 Å². The maximum absolute atomic E-state index is 12.6. The second-order valence-electron chi connectivity index (χ2n) is 5.55. The molecule has 0 N–H and O–H groups in total. The Hall–Kier alpha value is -1.98. The summed E-state index contributed by atoms with van der Waals surface area (Å²) in [5, 5.41) is 1.41. The van der Waals surface area contributed by atoms with Gasteiger partial charge >= 0.3 is 6.09 Å². The van der Waals surface area contributed by atoms with Crippen molar-refractivity contribution in [2.75, 3.05) is 19.0 Å². The summed E-state index contributed by atoms with van der Waals surface area (Å²) < 4.78 is 0. The van der Waals surface area contributed by atoms with Gasteiger partial charge in [-0.05, 0) is 49.2 Å². The van der Waals surface area contributed by atoms with E-state index < -0.39 is 6.09 Å². The summed E-state index contributed by atoms with van der Waals surface area (Å²) in [5.41, 5.74) is 3.96. The van der Waals surface area contributed by atoms with Gasteiger partial charge in [0.25, 0.3) is 0 Å². The second-order valence-corrected chi connectivity index (χ2v) is 6.63. The molecule has 0 atom stereocenters. The van der Waals surface area contributed by atoms with Gasteiger partial charge in [-0.15, -0.1) is 5.06 Å². The molecule has 5 heteroatoms. The Bertz CT molecular complexity index is 692. The quantitative estimate of drug-likeness (QED) is 0.725. The summed E-state index contributed by atoms with van der Waals surface area (Å²) in [6.45, 7) is 4.04. The average Bonchev–Trinajstić information content (AvgIpc) is 2.44. The molecule has 0 radical (unpaired) electrons. The lowest BCUT2D eigenvalue weighted by Crippen LogP contribution is -2.33. The van der Waals surface area contributed by atoms with E-state index in [1.807, 2.05) is 38.1 Å². The number of carbonyl (C=O) groups is 1. The van der Waals surface area contributed by atoms with Gasteiger partial charge in [-0.1, -0.05) is 23.9 Å². The number of hydrogen-bond acceptors (Lipinski definition) is 4. The van der Waals surface area contributed by atoms with E-state index in [2.05, 4.69) is 12.1 Å². The first-order chi connectivity index (χ1) is 10.5. The lowest BCUT2D eigenvalue weighted by Gasteiger charge is -2.31. The van der Waals surface area contributed by atoms with Gasteiger partial charge in [0.05, 0.1) is 11.4 Å². The van der Waals surface area contributed by atoms with Crippen molar-refractivity contribution >= 4 is 29.2 Å². The van der Waals surface area contributed by atoms with Gasteiger partial charge in [-0.3, -0.25) is 0 Å². The smallest absolute Gasteiger partial charge is 0.351 e. The molecule has 4 nitrogen and oxygen atoms in total. The molecule has 1 amide bonds. The van der Waals surface area contributed by atoms with Gasteiger partial charge in [-0.2, -0.15) is 0 Å². The minimum absolute atomic E-state index is 0.399. The average molecular weight is 314 g/mol. The van der Waals surface area contributed by atoms with Crippen LogP contribution in [0, 0.1) is 13.8 Å². The van der Waals surface area contributed by atoms with Crippen LogP contribution in [-0.4, -0.2) is 25.3 Å². The fourth-order valence-electron chi connectivity index (χ4n) is 2.42. The minimum atomic E-state index is -0.399. The maximum Gasteiger partial charge on any atom is 0.438 e. The number of anilines is 2. The van der Waals surface area contributed by atoms with E-state index in [-0.39, 0.29) is 0 Å². The third kappa shape index (κ3) is 2.69. The second kappa shape index (κ2) is 5.66. The van der Waals surface area contributed by atoms with Crippen molar-refractivity contribution in [3.05, 3.63) is 47.5 Å². The van der Waals surface area contributed by atoms with E-state index in [0.717, 1.165) is 32.3 Å². The Morgan fingerprint density at radius 1 is 1.00 bits per heavy atom. The zero-order chi connectivity index (χ0) is 15.9. The highest BCUT2D eigenvalue weighted by Gasteiger charge is 2.30. The van der Waals surface area contributed by atoms with E-state index in [1.54, 1.807) is 30.8 Å². The summed E-state index contributed by atoms with van der Waals surface area (Å²) in [6.07, 6.45) is -0.399. The number of nitrogens with zero attached hydrogens (tertiary/aromatic N) is 2. The third-order valence-electron chi connectivity index (χ3n) is 3.37. The molecule has 2 aromatic carbocycles. The normalized spacial score (nSPS) is 12.9. The Morgan fingerprint density at radius 2 is 1.50 bits per heavy atom. The molecule has 1 aliphatic rings. The first-order valence-corrected chi connectivity index (χ1v) is 7.86. The molecule has 0 bridgehead atoms. The highest BCUT2D eigenvalue weighted by atomic mass is 32.2. The first kappa shape index (κ1) is 14.9. The topological polar surface area (TPSA) is 32.8 Å². The minimum Gasteiger partial charge on any atom is -0.351 e. The van der Waals surface area contributed by atoms with Crippen LogP contribution in [0.2, 0.25) is 0 Å². The fraction of sp³-hybridized carbons (Fsp3) is 0.235. The van der Waals surface area contributed by atoms with Gasteiger partial charge < -0.3 is 4.84 Å². The standard InChI is InChI=1S/C17H18N2O2S/c1-11-5-7-15-13(9-11)19(17(20)21-18(3)4)14-10-12(2)6-8-16(14)22-15/h5-10H,1-4H3. The maximum atomic E-state index is 12.6. The summed E-state index contributed by atoms with van der Waals surface area (Å²) in [7, 11) is 3.40. The molecule has 0 aromatic heterocycles. The number of carbonyl (C=O) groups excluding carboxylic acids is 1. The molecule has 0 spiro atoms. The number of hydroxylamine groups is 2. The van der Waals surface area contributed by atoms with Gasteiger partial charge in [0, 0.05) is 23.9 Å². The Labute approximate surface area is 134 Å². The first-order valence-electron chi connectivity index (χ1n) is 7.04. The van der Waals surface area contributed by atoms with Crippen LogP contribution in [-0.2, 0) is 4.84 Å². The van der Waals surface area contributed by atoms with Crippen molar-refractivity contribution in [1.29, 1.82) is 0 Å². The molecule has 0 unspecified atom stereocenters. The molecular formula is C17H18N2O2S. The molecule has 3 rings (SSSR count). The van der Waals surface area contributed by atoms with Crippen molar-refractivity contribution in [3.8, 4) is 0 Å². The van der Waals surface area contributed by atoms with Crippen molar-refractivity contribution in [2.45, 2.75) is 23.6 Å². The molecule has 114 valence electrons. The van der Waals surface area contributed by atoms with Crippen molar-refractivity contribution < 1.29 is 9.63 Å². The van der Waals surface area contributed by atoms with Crippen LogP contribution in [0.4, 0.5) is 16.2 Å². The van der Waals surface area contributed by atoms with E-state index >= 15 is 0 Å². The molecular weight excluding hydrogens is 296 g/mol. The molecule has 0 saturated carbocycles. The summed E-state index contributed by atoms with van der Waals surface area (Å²) >= 11 is 1.68. The van der Waals surface area contributed by atoms with E-state index in [1.165, 1.54) is 5.06 Å². The Balaban J connectivity index is 2.15. The van der Waals surface area contributed by atoms with Gasteiger partial charge in [0.1, 0.15) is 0 Å². The van der Waals surface area contributed by atoms with E-state index in [4.69, 9.17) is 4.84 Å². The third-order valence-corrected chi connectivity index (χ3v) is 4.50. The molecule has 0 saturated heterocycles. The van der Waals surface area contributed by atoms with Crippen molar-refractivity contribution in [2.24, 2.45) is 0 Å². The lowest BCUT2D eigenvalue weighted by molar-refractivity contribution is -0.0500. The fourth-order valence-corrected chi connectivity index (χ4v) is 3.44. The highest BCUT2D eigenvalue weighted by molar-refractivity contribution is 7.99. The van der Waals surface area contributed by atoms with Crippen LogP contribution in [0.15, 0.2) is 46.2 Å². The number of hydrogen-bond donors (Lipinski definition) is 0. The predicted molar refractivity (Wildman–Crippen MR) is 88.8 cm³/mol. The van der Waals surface area contributed by atoms with Crippen molar-refractivity contribution in [1.82, 2.24) is 5.06 Å². The van der Waals surface area contributed by atoms with Crippen LogP contribution in [0.25, 0.3) is 0 Å². The van der Waals surface area contributed by atoms with Crippen LogP contribution in [0.3, 0.4) is 0 Å². The summed E-state index contributed by atoms with van der Waals surface area (Å²) in [6, 6.07) is 12.2. The monoisotopic (exact) mass is 314 g/mol. The zero-order valence-electron chi connectivity index (χ0n) is 13.1. The van der Waals surface area contributed by atoms with E-state index in [9.17, 15) is 4.79 Å². The Morgan fingerprint density at radius 3 is 1.95 bits per heavy atom. The van der Waals surface area contributed by atoms with Gasteiger partial charge in [-0.25, -0.2) is 9.69 Å². The SMILES string of the molecule is Cc1ccc2c(c1)N(C(=O)ON(C)C)c1cc(C)ccc1S2. The number of rotatable bonds is 1. The van der Waals surface area contributed by atoms with E-state index in [0.29, 0.717) is 0 Å².